The molecule has 0 radical (unpaired) electrons. The second-order valence-electron chi connectivity index (χ2n) is 5.22. The van der Waals surface area contributed by atoms with Crippen LogP contribution < -0.4 is 5.73 Å². The van der Waals surface area contributed by atoms with E-state index in [1.165, 1.54) is 11.3 Å². The van der Waals surface area contributed by atoms with E-state index < -0.39 is 0 Å². The van der Waals surface area contributed by atoms with Crippen LogP contribution in [-0.2, 0) is 0 Å². The van der Waals surface area contributed by atoms with Gasteiger partial charge in [-0.2, -0.15) is 0 Å². The molecule has 0 aromatic carbocycles. The van der Waals surface area contributed by atoms with Crippen molar-refractivity contribution in [1.29, 1.82) is 0 Å². The van der Waals surface area contributed by atoms with Gasteiger partial charge >= 0.3 is 0 Å². The van der Waals surface area contributed by atoms with E-state index in [-0.39, 0.29) is 18.6 Å². The number of carbonyl (C=O) groups excluding carboxylic acids is 1. The third kappa shape index (κ3) is 2.58. The molecule has 1 saturated heterocycles. The molecule has 1 fully saturated rings. The standard InChI is InChI=1S/C14H18N4O2S/c15-10-11-13(17-6-5-16-11)21-12(10)14(20)18-7-1-3-9(18)4-2-8-19/h5-6,9,19H,1-4,7-8,15H2. The van der Waals surface area contributed by atoms with Crippen LogP contribution in [0.3, 0.4) is 0 Å². The highest BCUT2D eigenvalue weighted by atomic mass is 32.1. The number of nitrogen functional groups attached to an aromatic ring is 1. The van der Waals surface area contributed by atoms with Crippen molar-refractivity contribution < 1.29 is 9.90 Å². The van der Waals surface area contributed by atoms with Gasteiger partial charge in [0.2, 0.25) is 0 Å². The number of aromatic nitrogens is 2. The van der Waals surface area contributed by atoms with Crippen molar-refractivity contribution in [1.82, 2.24) is 14.9 Å². The van der Waals surface area contributed by atoms with Crippen molar-refractivity contribution in [3.05, 3.63) is 17.3 Å². The smallest absolute Gasteiger partial charge is 0.266 e. The minimum atomic E-state index is -0.0299. The van der Waals surface area contributed by atoms with Gasteiger partial charge in [-0.05, 0) is 25.7 Å². The van der Waals surface area contributed by atoms with Gasteiger partial charge in [-0.15, -0.1) is 11.3 Å². The van der Waals surface area contributed by atoms with E-state index in [2.05, 4.69) is 9.97 Å². The maximum atomic E-state index is 12.7. The fourth-order valence-corrected chi connectivity index (χ4v) is 3.84. The van der Waals surface area contributed by atoms with Gasteiger partial charge in [0.05, 0.1) is 5.69 Å². The van der Waals surface area contributed by atoms with E-state index in [1.807, 2.05) is 4.90 Å². The zero-order valence-corrected chi connectivity index (χ0v) is 12.5. The molecule has 1 unspecified atom stereocenters. The molecule has 3 heterocycles. The van der Waals surface area contributed by atoms with Crippen LogP contribution in [0.25, 0.3) is 10.3 Å². The van der Waals surface area contributed by atoms with Gasteiger partial charge in [-0.25, -0.2) is 9.97 Å². The summed E-state index contributed by atoms with van der Waals surface area (Å²) in [5, 5.41) is 8.97. The van der Waals surface area contributed by atoms with Gasteiger partial charge < -0.3 is 15.7 Å². The van der Waals surface area contributed by atoms with Gasteiger partial charge in [0.25, 0.3) is 5.91 Å². The molecule has 1 atom stereocenters. The first-order chi connectivity index (χ1) is 10.2. The minimum Gasteiger partial charge on any atom is -0.396 e. The van der Waals surface area contributed by atoms with Crippen LogP contribution in [0.2, 0.25) is 0 Å². The number of carbonyl (C=O) groups is 1. The highest BCUT2D eigenvalue weighted by Gasteiger charge is 2.31. The zero-order valence-electron chi connectivity index (χ0n) is 11.7. The normalized spacial score (nSPS) is 18.5. The number of hydrogen-bond acceptors (Lipinski definition) is 6. The quantitative estimate of drug-likeness (QED) is 0.896. The maximum absolute atomic E-state index is 12.7. The van der Waals surface area contributed by atoms with Crippen molar-refractivity contribution >= 4 is 33.3 Å². The van der Waals surface area contributed by atoms with E-state index in [9.17, 15) is 4.79 Å². The highest BCUT2D eigenvalue weighted by Crippen LogP contribution is 2.33. The lowest BCUT2D eigenvalue weighted by Gasteiger charge is -2.24. The summed E-state index contributed by atoms with van der Waals surface area (Å²) in [6, 6.07) is 0.204. The van der Waals surface area contributed by atoms with Crippen LogP contribution in [0.4, 0.5) is 5.69 Å². The predicted octanol–water partition coefficient (Wildman–Crippen LogP) is 1.65. The summed E-state index contributed by atoms with van der Waals surface area (Å²) in [5.41, 5.74) is 7.11. The number of likely N-dealkylation sites (tertiary alicyclic amines) is 1. The Kier molecular flexibility index (Phi) is 4.03. The SMILES string of the molecule is Nc1c(C(=O)N2CCCC2CCCO)sc2nccnc12. The highest BCUT2D eigenvalue weighted by molar-refractivity contribution is 7.21. The Labute approximate surface area is 126 Å². The third-order valence-electron chi connectivity index (χ3n) is 3.89. The average Bonchev–Trinajstić information content (AvgIpc) is 3.10. The van der Waals surface area contributed by atoms with E-state index in [1.54, 1.807) is 12.4 Å². The second-order valence-corrected chi connectivity index (χ2v) is 6.21. The Morgan fingerprint density at radius 3 is 3.05 bits per heavy atom. The molecule has 1 aliphatic rings. The van der Waals surface area contributed by atoms with Crippen molar-refractivity contribution in [2.45, 2.75) is 31.7 Å². The summed E-state index contributed by atoms with van der Waals surface area (Å²) >= 11 is 1.31. The summed E-state index contributed by atoms with van der Waals surface area (Å²) in [6.45, 7) is 0.918. The first kappa shape index (κ1) is 14.2. The molecule has 0 bridgehead atoms. The molecule has 0 aliphatic carbocycles. The van der Waals surface area contributed by atoms with E-state index in [4.69, 9.17) is 10.8 Å². The van der Waals surface area contributed by atoms with Crippen molar-refractivity contribution in [2.75, 3.05) is 18.9 Å². The number of fused-ring (bicyclic) bond motifs is 1. The van der Waals surface area contributed by atoms with Gasteiger partial charge in [0.15, 0.2) is 0 Å². The van der Waals surface area contributed by atoms with Crippen molar-refractivity contribution in [3.8, 4) is 0 Å². The predicted molar refractivity (Wildman–Crippen MR) is 82.2 cm³/mol. The largest absolute Gasteiger partial charge is 0.396 e. The number of thiophene rings is 1. The number of hydrogen-bond donors (Lipinski definition) is 2. The molecule has 3 N–H and O–H groups in total. The Bertz CT molecular complexity index is 657. The Morgan fingerprint density at radius 1 is 1.48 bits per heavy atom. The molecule has 3 rings (SSSR count). The fourth-order valence-electron chi connectivity index (χ4n) is 2.86. The molecule has 112 valence electrons. The number of anilines is 1. The molecule has 6 nitrogen and oxygen atoms in total. The van der Waals surface area contributed by atoms with Gasteiger partial charge in [0, 0.05) is 31.6 Å². The van der Waals surface area contributed by atoms with Crippen LogP contribution in [0.5, 0.6) is 0 Å². The van der Waals surface area contributed by atoms with Crippen LogP contribution >= 0.6 is 11.3 Å². The Morgan fingerprint density at radius 2 is 2.29 bits per heavy atom. The lowest BCUT2D eigenvalue weighted by molar-refractivity contribution is 0.0730. The monoisotopic (exact) mass is 306 g/mol. The molecule has 1 aliphatic heterocycles. The van der Waals surface area contributed by atoms with Crippen LogP contribution in [0.1, 0.15) is 35.4 Å². The molecule has 1 amide bonds. The second kappa shape index (κ2) is 5.95. The average molecular weight is 306 g/mol. The van der Waals surface area contributed by atoms with Crippen molar-refractivity contribution in [3.63, 3.8) is 0 Å². The molecule has 21 heavy (non-hydrogen) atoms. The molecule has 0 saturated carbocycles. The van der Waals surface area contributed by atoms with Crippen molar-refractivity contribution in [2.24, 2.45) is 0 Å². The van der Waals surface area contributed by atoms with Gasteiger partial charge in [-0.3, -0.25) is 4.79 Å². The lowest BCUT2D eigenvalue weighted by Crippen LogP contribution is -2.35. The maximum Gasteiger partial charge on any atom is 0.266 e. The molecule has 7 heteroatoms. The van der Waals surface area contributed by atoms with E-state index in [0.29, 0.717) is 20.9 Å². The number of nitrogens with zero attached hydrogens (tertiary/aromatic N) is 3. The molecule has 0 spiro atoms. The molecular weight excluding hydrogens is 288 g/mol. The molecule has 2 aromatic heterocycles. The zero-order chi connectivity index (χ0) is 14.8. The number of nitrogens with two attached hydrogens (primary N) is 1. The first-order valence-corrected chi connectivity index (χ1v) is 7.95. The Balaban J connectivity index is 1.87. The summed E-state index contributed by atoms with van der Waals surface area (Å²) in [7, 11) is 0. The molecule has 2 aromatic rings. The fraction of sp³-hybridized carbons (Fsp3) is 0.500. The van der Waals surface area contributed by atoms with Crippen LogP contribution in [0, 0.1) is 0 Å². The van der Waals surface area contributed by atoms with Crippen LogP contribution in [0.15, 0.2) is 12.4 Å². The van der Waals surface area contributed by atoms with Gasteiger partial charge in [0.1, 0.15) is 15.2 Å². The number of rotatable bonds is 4. The summed E-state index contributed by atoms with van der Waals surface area (Å²) < 4.78 is 0. The number of aliphatic hydroxyl groups is 1. The minimum absolute atomic E-state index is 0.0299. The topological polar surface area (TPSA) is 92.3 Å². The number of aliphatic hydroxyl groups excluding tert-OH is 1. The lowest BCUT2D eigenvalue weighted by atomic mass is 10.1. The number of amides is 1. The summed E-state index contributed by atoms with van der Waals surface area (Å²) in [5.74, 6) is -0.0299. The summed E-state index contributed by atoms with van der Waals surface area (Å²) in [6.07, 6.45) is 6.74. The van der Waals surface area contributed by atoms with Crippen LogP contribution in [-0.4, -0.2) is 45.1 Å². The third-order valence-corrected chi connectivity index (χ3v) is 4.98. The van der Waals surface area contributed by atoms with E-state index >= 15 is 0 Å². The van der Waals surface area contributed by atoms with E-state index in [0.717, 1.165) is 32.2 Å². The van der Waals surface area contributed by atoms with Gasteiger partial charge in [-0.1, -0.05) is 0 Å². The Hall–Kier alpha value is -1.73. The summed E-state index contributed by atoms with van der Waals surface area (Å²) in [4.78, 5) is 24.3. The first-order valence-electron chi connectivity index (χ1n) is 7.13. The molecular formula is C14H18N4O2S.